The summed E-state index contributed by atoms with van der Waals surface area (Å²) in [5, 5.41) is 13.8. The smallest absolute Gasteiger partial charge is 0.256 e. The molecule has 0 saturated heterocycles. The largest absolute Gasteiger partial charge is 0.376 e. The fourth-order valence-corrected chi connectivity index (χ4v) is 4.31. The second-order valence-corrected chi connectivity index (χ2v) is 9.34. The minimum Gasteiger partial charge on any atom is -0.376 e. The Labute approximate surface area is 233 Å². The van der Waals surface area contributed by atoms with Crippen LogP contribution in [0.5, 0.6) is 0 Å². The molecule has 0 fully saturated rings. The zero-order chi connectivity index (χ0) is 27.2. The van der Waals surface area contributed by atoms with Crippen LogP contribution in [0.1, 0.15) is 29.5 Å². The summed E-state index contributed by atoms with van der Waals surface area (Å²) in [6, 6.07) is 10.4. The summed E-state index contributed by atoms with van der Waals surface area (Å²) in [6.45, 7) is 8.29. The Bertz CT molecular complexity index is 1300. The van der Waals surface area contributed by atoms with Gasteiger partial charge in [0.05, 0.1) is 6.54 Å². The van der Waals surface area contributed by atoms with Crippen molar-refractivity contribution in [3.63, 3.8) is 0 Å². The summed E-state index contributed by atoms with van der Waals surface area (Å²) in [5.41, 5.74) is 4.36. The molecular weight excluding hydrogens is 525 g/mol. The van der Waals surface area contributed by atoms with E-state index in [1.807, 2.05) is 37.1 Å². The van der Waals surface area contributed by atoms with Crippen molar-refractivity contribution < 1.29 is 18.5 Å². The van der Waals surface area contributed by atoms with Crippen LogP contribution in [0.4, 0.5) is 10.1 Å². The highest BCUT2D eigenvalue weighted by molar-refractivity contribution is 5.87. The summed E-state index contributed by atoms with van der Waals surface area (Å²) in [6.07, 6.45) is 0. The first-order valence-electron chi connectivity index (χ1n) is 12.7. The highest BCUT2D eigenvalue weighted by atomic mass is 35.5. The van der Waals surface area contributed by atoms with Gasteiger partial charge in [-0.05, 0) is 48.4 Å². The molecule has 2 amide bonds. The molecule has 2 aromatic carbocycles. The van der Waals surface area contributed by atoms with E-state index in [9.17, 15) is 14.0 Å². The summed E-state index contributed by atoms with van der Waals surface area (Å²) < 4.78 is 18.7. The van der Waals surface area contributed by atoms with E-state index in [-0.39, 0.29) is 43.1 Å². The molecular formula is C27H35ClFN7O3. The van der Waals surface area contributed by atoms with Crippen molar-refractivity contribution in [1.82, 2.24) is 30.4 Å². The van der Waals surface area contributed by atoms with Gasteiger partial charge in [-0.2, -0.15) is 4.98 Å². The maximum absolute atomic E-state index is 13.6. The molecule has 1 aliphatic heterocycles. The summed E-state index contributed by atoms with van der Waals surface area (Å²) in [7, 11) is 1.68. The molecule has 1 aromatic heterocycles. The summed E-state index contributed by atoms with van der Waals surface area (Å²) in [5.74, 6) is 0.247. The Morgan fingerprint density at radius 3 is 2.59 bits per heavy atom. The van der Waals surface area contributed by atoms with Gasteiger partial charge < -0.3 is 20.1 Å². The highest BCUT2D eigenvalue weighted by Gasteiger charge is 2.27. The van der Waals surface area contributed by atoms with E-state index in [2.05, 4.69) is 20.8 Å². The molecule has 1 aliphatic rings. The van der Waals surface area contributed by atoms with E-state index < -0.39 is 0 Å². The van der Waals surface area contributed by atoms with Crippen molar-refractivity contribution >= 4 is 29.9 Å². The second-order valence-electron chi connectivity index (χ2n) is 9.34. The fraction of sp³-hybridized carbons (Fsp3) is 0.407. The molecule has 0 atom stereocenters. The number of nitrogens with zero attached hydrogens (tertiary/aromatic N) is 5. The number of rotatable bonds is 11. The standard InChI is InChI=1S/C27H34FN7O3.ClH/c1-5-29-10-11-34(17-26(37)33(4)35-15-21-8-9-23(28)12-22(21)16-35)25(36)14-30-24-13-20(7-6-18(24)2)27-31-19(3)38-32-27;/h6-9,12-13,29-30H,5,10-11,14-17H2,1-4H3;1H. The van der Waals surface area contributed by atoms with Crippen molar-refractivity contribution in [2.45, 2.75) is 33.9 Å². The van der Waals surface area contributed by atoms with E-state index in [0.29, 0.717) is 37.9 Å². The monoisotopic (exact) mass is 559 g/mol. The van der Waals surface area contributed by atoms with Crippen molar-refractivity contribution in [2.75, 3.05) is 45.1 Å². The lowest BCUT2D eigenvalue weighted by Crippen LogP contribution is -2.49. The average Bonchev–Trinajstić information content (AvgIpc) is 3.52. The minimum atomic E-state index is -0.291. The van der Waals surface area contributed by atoms with Crippen LogP contribution in [0.25, 0.3) is 11.4 Å². The molecule has 0 bridgehead atoms. The Kier molecular flexibility index (Phi) is 10.4. The number of amides is 2. The first-order valence-corrected chi connectivity index (χ1v) is 12.7. The van der Waals surface area contributed by atoms with Gasteiger partial charge in [0.2, 0.25) is 17.6 Å². The number of aryl methyl sites for hydroxylation is 2. The minimum absolute atomic E-state index is 0. The lowest BCUT2D eigenvalue weighted by molar-refractivity contribution is -0.151. The molecule has 2 N–H and O–H groups in total. The number of carbonyl (C=O) groups is 2. The SMILES string of the molecule is CCNCCN(CC(=O)N(C)N1Cc2ccc(F)cc2C1)C(=O)CNc1cc(-c2noc(C)n2)ccc1C.Cl. The van der Waals surface area contributed by atoms with E-state index in [1.54, 1.807) is 24.9 Å². The van der Waals surface area contributed by atoms with Gasteiger partial charge >= 0.3 is 0 Å². The third-order valence-corrected chi connectivity index (χ3v) is 6.60. The van der Waals surface area contributed by atoms with Gasteiger partial charge in [0.15, 0.2) is 0 Å². The van der Waals surface area contributed by atoms with Crippen LogP contribution in [0.2, 0.25) is 0 Å². The number of aromatic nitrogens is 2. The lowest BCUT2D eigenvalue weighted by Gasteiger charge is -2.31. The van der Waals surface area contributed by atoms with Crippen molar-refractivity contribution in [2.24, 2.45) is 0 Å². The first kappa shape index (κ1) is 30.0. The number of hydrogen-bond donors (Lipinski definition) is 2. The fourth-order valence-electron chi connectivity index (χ4n) is 4.31. The van der Waals surface area contributed by atoms with Gasteiger partial charge in [-0.15, -0.1) is 12.4 Å². The van der Waals surface area contributed by atoms with Crippen LogP contribution in [0, 0.1) is 19.7 Å². The summed E-state index contributed by atoms with van der Waals surface area (Å²) >= 11 is 0. The maximum atomic E-state index is 13.6. The number of halogens is 2. The van der Waals surface area contributed by atoms with Crippen molar-refractivity contribution in [3.05, 3.63) is 64.8 Å². The van der Waals surface area contributed by atoms with Crippen LogP contribution in [0.3, 0.4) is 0 Å². The van der Waals surface area contributed by atoms with Gasteiger partial charge in [0, 0.05) is 51.4 Å². The Morgan fingerprint density at radius 2 is 1.87 bits per heavy atom. The number of fused-ring (bicyclic) bond motifs is 1. The Morgan fingerprint density at radius 1 is 1.10 bits per heavy atom. The number of carbonyl (C=O) groups excluding carboxylic acids is 2. The predicted octanol–water partition coefficient (Wildman–Crippen LogP) is 3.15. The molecule has 0 radical (unpaired) electrons. The number of likely N-dealkylation sites (N-methyl/N-ethyl adjacent to an activating group) is 2. The molecule has 2 heterocycles. The Balaban J connectivity index is 0.00000420. The zero-order valence-corrected chi connectivity index (χ0v) is 23.5. The van der Waals surface area contributed by atoms with Gasteiger partial charge in [0.25, 0.3) is 5.91 Å². The normalized spacial score (nSPS) is 12.5. The number of benzene rings is 2. The Hall–Kier alpha value is -3.54. The predicted molar refractivity (Wildman–Crippen MR) is 148 cm³/mol. The van der Waals surface area contributed by atoms with Gasteiger partial charge in [0.1, 0.15) is 12.4 Å². The molecule has 0 saturated carbocycles. The molecule has 12 heteroatoms. The third kappa shape index (κ3) is 7.53. The lowest BCUT2D eigenvalue weighted by atomic mass is 10.1. The van der Waals surface area contributed by atoms with Gasteiger partial charge in [-0.3, -0.25) is 14.6 Å². The second kappa shape index (κ2) is 13.5. The van der Waals surface area contributed by atoms with Gasteiger partial charge in [-0.25, -0.2) is 9.40 Å². The average molecular weight is 560 g/mol. The zero-order valence-electron chi connectivity index (χ0n) is 22.7. The number of hydrazine groups is 1. The molecule has 210 valence electrons. The molecule has 3 aromatic rings. The van der Waals surface area contributed by atoms with Crippen LogP contribution in [0.15, 0.2) is 40.9 Å². The van der Waals surface area contributed by atoms with Crippen LogP contribution in [-0.4, -0.2) is 76.6 Å². The topological polar surface area (TPSA) is 107 Å². The molecule has 0 aliphatic carbocycles. The van der Waals surface area contributed by atoms with Crippen LogP contribution < -0.4 is 10.6 Å². The number of anilines is 1. The quantitative estimate of drug-likeness (QED) is 0.345. The van der Waals surface area contributed by atoms with E-state index >= 15 is 0 Å². The third-order valence-electron chi connectivity index (χ3n) is 6.60. The summed E-state index contributed by atoms with van der Waals surface area (Å²) in [4.78, 5) is 32.2. The molecule has 10 nitrogen and oxygen atoms in total. The maximum Gasteiger partial charge on any atom is 0.256 e. The molecule has 39 heavy (non-hydrogen) atoms. The number of hydrogen-bond acceptors (Lipinski definition) is 8. The van der Waals surface area contributed by atoms with E-state index in [0.717, 1.165) is 34.5 Å². The molecule has 4 rings (SSSR count). The van der Waals surface area contributed by atoms with Crippen LogP contribution in [-0.2, 0) is 22.7 Å². The van der Waals surface area contributed by atoms with Crippen molar-refractivity contribution in [3.8, 4) is 11.4 Å². The molecule has 0 unspecified atom stereocenters. The van der Waals surface area contributed by atoms with E-state index in [1.165, 1.54) is 17.1 Å². The number of nitrogens with one attached hydrogen (secondary N) is 2. The van der Waals surface area contributed by atoms with Crippen molar-refractivity contribution in [1.29, 1.82) is 0 Å². The van der Waals surface area contributed by atoms with E-state index in [4.69, 9.17) is 4.52 Å². The van der Waals surface area contributed by atoms with Gasteiger partial charge in [-0.1, -0.05) is 30.3 Å². The first-order chi connectivity index (χ1) is 18.2. The molecule has 0 spiro atoms. The highest BCUT2D eigenvalue weighted by Crippen LogP contribution is 2.25. The van der Waals surface area contributed by atoms with Crippen LogP contribution >= 0.6 is 12.4 Å².